The Balaban J connectivity index is 0.00000289. The van der Waals surface area contributed by atoms with Gasteiger partial charge in [0.2, 0.25) is 0 Å². The van der Waals surface area contributed by atoms with Gasteiger partial charge in [-0.25, -0.2) is 0 Å². The quantitative estimate of drug-likeness (QED) is 0.443. The zero-order valence-electron chi connectivity index (χ0n) is 12.1. The zero-order chi connectivity index (χ0) is 12.7. The van der Waals surface area contributed by atoms with Crippen molar-refractivity contribution in [3.8, 4) is 0 Å². The molecular weight excluding hydrogens is 357 g/mol. The SMILES string of the molecule is CN=C(NCC(C)(C)SC)NC1CCCCC1.I. The summed E-state index contributed by atoms with van der Waals surface area (Å²) in [5.74, 6) is 0.957. The Labute approximate surface area is 133 Å². The lowest BCUT2D eigenvalue weighted by molar-refractivity contribution is 0.409. The van der Waals surface area contributed by atoms with Gasteiger partial charge >= 0.3 is 0 Å². The van der Waals surface area contributed by atoms with Crippen molar-refractivity contribution in [3.05, 3.63) is 0 Å². The van der Waals surface area contributed by atoms with Gasteiger partial charge in [-0.1, -0.05) is 19.3 Å². The summed E-state index contributed by atoms with van der Waals surface area (Å²) in [5, 5.41) is 6.96. The molecule has 108 valence electrons. The maximum Gasteiger partial charge on any atom is 0.191 e. The monoisotopic (exact) mass is 385 g/mol. The topological polar surface area (TPSA) is 36.4 Å². The van der Waals surface area contributed by atoms with Crippen molar-refractivity contribution in [2.75, 3.05) is 19.8 Å². The standard InChI is InChI=1S/C13H27N3S.HI/c1-13(2,17-4)10-15-12(14-3)16-11-8-6-5-7-9-11;/h11H,5-10H2,1-4H3,(H2,14,15,16);1H. The normalized spacial score (nSPS) is 18.1. The van der Waals surface area contributed by atoms with Crippen molar-refractivity contribution in [3.63, 3.8) is 0 Å². The van der Waals surface area contributed by atoms with Gasteiger partial charge in [0.1, 0.15) is 0 Å². The summed E-state index contributed by atoms with van der Waals surface area (Å²) in [4.78, 5) is 4.30. The molecule has 0 amide bonds. The van der Waals surface area contributed by atoms with E-state index in [2.05, 4.69) is 35.7 Å². The highest BCUT2D eigenvalue weighted by atomic mass is 127. The van der Waals surface area contributed by atoms with Crippen molar-refractivity contribution in [2.24, 2.45) is 4.99 Å². The summed E-state index contributed by atoms with van der Waals surface area (Å²) < 4.78 is 0.254. The van der Waals surface area contributed by atoms with Crippen LogP contribution in [0, 0.1) is 0 Å². The van der Waals surface area contributed by atoms with Crippen molar-refractivity contribution < 1.29 is 0 Å². The third-order valence-corrected chi connectivity index (χ3v) is 4.65. The Morgan fingerprint density at radius 2 is 1.89 bits per heavy atom. The van der Waals surface area contributed by atoms with Gasteiger partial charge in [-0.05, 0) is 32.9 Å². The summed E-state index contributed by atoms with van der Waals surface area (Å²) in [6.07, 6.45) is 8.82. The first-order valence-electron chi connectivity index (χ1n) is 6.60. The van der Waals surface area contributed by atoms with Crippen LogP contribution in [-0.2, 0) is 0 Å². The molecule has 0 aliphatic heterocycles. The van der Waals surface area contributed by atoms with Crippen LogP contribution in [0.2, 0.25) is 0 Å². The number of hydrogen-bond acceptors (Lipinski definition) is 2. The van der Waals surface area contributed by atoms with E-state index in [-0.39, 0.29) is 28.7 Å². The molecule has 0 aromatic carbocycles. The van der Waals surface area contributed by atoms with Gasteiger partial charge in [0.25, 0.3) is 0 Å². The van der Waals surface area contributed by atoms with Gasteiger partial charge in [0, 0.05) is 24.4 Å². The van der Waals surface area contributed by atoms with Gasteiger partial charge in [0.05, 0.1) is 0 Å². The second-order valence-electron chi connectivity index (χ2n) is 5.37. The molecule has 0 heterocycles. The average Bonchev–Trinajstić information content (AvgIpc) is 2.35. The van der Waals surface area contributed by atoms with E-state index >= 15 is 0 Å². The van der Waals surface area contributed by atoms with Crippen LogP contribution < -0.4 is 10.6 Å². The number of nitrogens with zero attached hydrogens (tertiary/aromatic N) is 1. The van der Waals surface area contributed by atoms with E-state index in [1.807, 2.05) is 18.8 Å². The summed E-state index contributed by atoms with van der Waals surface area (Å²) in [6.45, 7) is 5.44. The van der Waals surface area contributed by atoms with Crippen molar-refractivity contribution in [1.29, 1.82) is 0 Å². The van der Waals surface area contributed by atoms with E-state index in [0.717, 1.165) is 12.5 Å². The second kappa shape index (κ2) is 9.28. The van der Waals surface area contributed by atoms with E-state index in [1.165, 1.54) is 32.1 Å². The Hall–Kier alpha value is 0.350. The third kappa shape index (κ3) is 7.07. The van der Waals surface area contributed by atoms with Gasteiger partial charge in [-0.15, -0.1) is 24.0 Å². The molecule has 0 aromatic rings. The van der Waals surface area contributed by atoms with Crippen LogP contribution in [0.4, 0.5) is 0 Å². The molecule has 0 spiro atoms. The zero-order valence-corrected chi connectivity index (χ0v) is 15.2. The molecule has 1 aliphatic carbocycles. The summed E-state index contributed by atoms with van der Waals surface area (Å²) in [5.41, 5.74) is 0. The molecule has 0 atom stereocenters. The lowest BCUT2D eigenvalue weighted by Gasteiger charge is -2.27. The predicted molar refractivity (Wildman–Crippen MR) is 94.4 cm³/mol. The highest BCUT2D eigenvalue weighted by molar-refractivity contribution is 14.0. The fraction of sp³-hybridized carbons (Fsp3) is 0.923. The molecule has 0 unspecified atom stereocenters. The van der Waals surface area contributed by atoms with Gasteiger partial charge in [0.15, 0.2) is 5.96 Å². The first kappa shape index (κ1) is 18.4. The third-order valence-electron chi connectivity index (χ3n) is 3.40. The molecule has 5 heteroatoms. The fourth-order valence-electron chi connectivity index (χ4n) is 2.00. The minimum atomic E-state index is 0. The van der Waals surface area contributed by atoms with Crippen LogP contribution in [-0.4, -0.2) is 36.6 Å². The lowest BCUT2D eigenvalue weighted by atomic mass is 9.96. The largest absolute Gasteiger partial charge is 0.355 e. The minimum absolute atomic E-state index is 0. The van der Waals surface area contributed by atoms with Gasteiger partial charge < -0.3 is 10.6 Å². The summed E-state index contributed by atoms with van der Waals surface area (Å²) >= 11 is 1.88. The number of rotatable bonds is 4. The number of guanidine groups is 1. The molecule has 1 saturated carbocycles. The van der Waals surface area contributed by atoms with Gasteiger partial charge in [-0.2, -0.15) is 11.8 Å². The molecule has 1 rings (SSSR count). The van der Waals surface area contributed by atoms with E-state index in [0.29, 0.717) is 6.04 Å². The first-order chi connectivity index (χ1) is 8.07. The molecule has 3 nitrogen and oxygen atoms in total. The number of aliphatic imine (C=N–C) groups is 1. The van der Waals surface area contributed by atoms with E-state index in [4.69, 9.17) is 0 Å². The van der Waals surface area contributed by atoms with E-state index in [1.54, 1.807) is 0 Å². The minimum Gasteiger partial charge on any atom is -0.355 e. The molecule has 0 aromatic heterocycles. The molecule has 1 fully saturated rings. The van der Waals surface area contributed by atoms with E-state index in [9.17, 15) is 0 Å². The fourth-order valence-corrected chi connectivity index (χ4v) is 2.22. The van der Waals surface area contributed by atoms with Crippen LogP contribution in [0.25, 0.3) is 0 Å². The smallest absolute Gasteiger partial charge is 0.191 e. The van der Waals surface area contributed by atoms with Crippen molar-refractivity contribution in [2.45, 2.75) is 56.7 Å². The maximum atomic E-state index is 4.30. The van der Waals surface area contributed by atoms with Crippen LogP contribution in [0.1, 0.15) is 46.0 Å². The number of halogens is 1. The molecular formula is C13H28IN3S. The molecule has 2 N–H and O–H groups in total. The number of hydrogen-bond donors (Lipinski definition) is 2. The average molecular weight is 385 g/mol. The molecule has 0 saturated heterocycles. The van der Waals surface area contributed by atoms with Gasteiger partial charge in [-0.3, -0.25) is 4.99 Å². The Morgan fingerprint density at radius 3 is 2.39 bits per heavy atom. The molecule has 18 heavy (non-hydrogen) atoms. The van der Waals surface area contributed by atoms with Crippen LogP contribution in [0.5, 0.6) is 0 Å². The number of nitrogens with one attached hydrogen (secondary N) is 2. The summed E-state index contributed by atoms with van der Waals surface area (Å²) in [7, 11) is 1.85. The second-order valence-corrected chi connectivity index (χ2v) is 6.88. The van der Waals surface area contributed by atoms with Crippen LogP contribution >= 0.6 is 35.7 Å². The predicted octanol–water partition coefficient (Wildman–Crippen LogP) is 3.24. The summed E-state index contributed by atoms with van der Waals surface area (Å²) in [6, 6.07) is 0.618. The maximum absolute atomic E-state index is 4.30. The van der Waals surface area contributed by atoms with Crippen molar-refractivity contribution >= 4 is 41.7 Å². The number of thioether (sulfide) groups is 1. The first-order valence-corrected chi connectivity index (χ1v) is 7.82. The highest BCUT2D eigenvalue weighted by Crippen LogP contribution is 2.20. The van der Waals surface area contributed by atoms with Crippen LogP contribution in [0.15, 0.2) is 4.99 Å². The Bertz CT molecular complexity index is 251. The highest BCUT2D eigenvalue weighted by Gasteiger charge is 2.18. The Morgan fingerprint density at radius 1 is 1.28 bits per heavy atom. The molecule has 0 radical (unpaired) electrons. The van der Waals surface area contributed by atoms with Crippen molar-refractivity contribution in [1.82, 2.24) is 10.6 Å². The molecule has 0 bridgehead atoms. The lowest BCUT2D eigenvalue weighted by Crippen LogP contribution is -2.47. The van der Waals surface area contributed by atoms with Crippen LogP contribution in [0.3, 0.4) is 0 Å². The Kier molecular flexibility index (Phi) is 9.47. The molecule has 1 aliphatic rings. The van der Waals surface area contributed by atoms with E-state index < -0.39 is 0 Å².